The average Bonchev–Trinajstić information content (AvgIpc) is 3.15. The Labute approximate surface area is 168 Å². The van der Waals surface area contributed by atoms with E-state index in [1.54, 1.807) is 0 Å². The summed E-state index contributed by atoms with van der Waals surface area (Å²) in [4.78, 5) is 6.80. The maximum atomic E-state index is 4.50. The van der Waals surface area contributed by atoms with Crippen LogP contribution >= 0.6 is 7.92 Å². The molecule has 0 aliphatic rings. The first-order chi connectivity index (χ1) is 13.7. The van der Waals surface area contributed by atoms with Crippen molar-refractivity contribution >= 4 is 29.5 Å². The second-order valence-corrected chi connectivity index (χ2v) is 9.07. The number of para-hydroxylation sites is 1. The normalized spacial score (nSPS) is 11.0. The quantitative estimate of drug-likeness (QED) is 0.471. The fourth-order valence-corrected chi connectivity index (χ4v) is 5.94. The molecule has 4 rings (SSSR count). The molecule has 0 amide bonds. The molecule has 0 saturated carbocycles. The van der Waals surface area contributed by atoms with E-state index in [0.29, 0.717) is 0 Å². The standard InChI is InChI=1S/C24H24N3P/c1-26-17-20(25-19-26)18-27(2)23-15-9-10-16-24(23)28(21-11-5-3-6-12-21)22-13-7-4-8-14-22/h3-17,19H,18H2,1-2H3. The van der Waals surface area contributed by atoms with Crippen LogP contribution in [0.4, 0.5) is 5.69 Å². The lowest BCUT2D eigenvalue weighted by Crippen LogP contribution is -2.27. The first-order valence-corrected chi connectivity index (χ1v) is 10.7. The van der Waals surface area contributed by atoms with Crippen molar-refractivity contribution in [3.05, 3.63) is 103 Å². The molecule has 0 spiro atoms. The van der Waals surface area contributed by atoms with E-state index >= 15 is 0 Å². The Morgan fingerprint density at radius 3 is 1.96 bits per heavy atom. The number of hydrogen-bond acceptors (Lipinski definition) is 2. The molecule has 4 aromatic rings. The molecule has 0 aliphatic carbocycles. The Balaban J connectivity index is 1.77. The van der Waals surface area contributed by atoms with Crippen molar-refractivity contribution < 1.29 is 0 Å². The fourth-order valence-electron chi connectivity index (χ4n) is 3.43. The number of imidazole rings is 1. The maximum Gasteiger partial charge on any atom is 0.0947 e. The minimum atomic E-state index is -0.636. The van der Waals surface area contributed by atoms with Crippen molar-refractivity contribution in [2.75, 3.05) is 11.9 Å². The smallest absolute Gasteiger partial charge is 0.0947 e. The van der Waals surface area contributed by atoms with Crippen LogP contribution in [0.5, 0.6) is 0 Å². The molecule has 0 radical (unpaired) electrons. The third-order valence-electron chi connectivity index (χ3n) is 4.72. The number of aromatic nitrogens is 2. The maximum absolute atomic E-state index is 4.50. The van der Waals surface area contributed by atoms with Gasteiger partial charge in [0, 0.05) is 31.3 Å². The molecular formula is C24H24N3P. The third kappa shape index (κ3) is 4.00. The Kier molecular flexibility index (Phi) is 5.55. The first-order valence-electron chi connectivity index (χ1n) is 9.39. The summed E-state index contributed by atoms with van der Waals surface area (Å²) in [5.74, 6) is 0. The molecule has 0 N–H and O–H groups in total. The van der Waals surface area contributed by atoms with E-state index in [1.165, 1.54) is 21.6 Å². The highest BCUT2D eigenvalue weighted by molar-refractivity contribution is 7.80. The second-order valence-electron chi connectivity index (χ2n) is 6.88. The Morgan fingerprint density at radius 2 is 1.39 bits per heavy atom. The van der Waals surface area contributed by atoms with E-state index in [4.69, 9.17) is 0 Å². The van der Waals surface area contributed by atoms with E-state index in [2.05, 4.69) is 108 Å². The molecule has 0 bridgehead atoms. The summed E-state index contributed by atoms with van der Waals surface area (Å²) >= 11 is 0. The highest BCUT2D eigenvalue weighted by Gasteiger charge is 2.21. The summed E-state index contributed by atoms with van der Waals surface area (Å²) in [5.41, 5.74) is 2.33. The van der Waals surface area contributed by atoms with Gasteiger partial charge in [0.1, 0.15) is 0 Å². The summed E-state index contributed by atoms with van der Waals surface area (Å²) in [6, 6.07) is 30.4. The van der Waals surface area contributed by atoms with Gasteiger partial charge in [0.2, 0.25) is 0 Å². The average molecular weight is 385 g/mol. The van der Waals surface area contributed by atoms with Crippen LogP contribution in [0.3, 0.4) is 0 Å². The highest BCUT2D eigenvalue weighted by atomic mass is 31.1. The van der Waals surface area contributed by atoms with Gasteiger partial charge in [-0.1, -0.05) is 78.9 Å². The van der Waals surface area contributed by atoms with Gasteiger partial charge in [0.15, 0.2) is 0 Å². The van der Waals surface area contributed by atoms with Gasteiger partial charge < -0.3 is 9.47 Å². The number of aryl methyl sites for hydroxylation is 1. The van der Waals surface area contributed by atoms with Gasteiger partial charge in [-0.2, -0.15) is 0 Å². The number of nitrogens with zero attached hydrogens (tertiary/aromatic N) is 3. The zero-order valence-corrected chi connectivity index (χ0v) is 17.1. The second kappa shape index (κ2) is 8.41. The van der Waals surface area contributed by atoms with Gasteiger partial charge in [-0.3, -0.25) is 0 Å². The summed E-state index contributed by atoms with van der Waals surface area (Å²) in [6.45, 7) is 0.782. The van der Waals surface area contributed by atoms with Crippen molar-refractivity contribution in [3.63, 3.8) is 0 Å². The van der Waals surface area contributed by atoms with Gasteiger partial charge >= 0.3 is 0 Å². The molecular weight excluding hydrogens is 361 g/mol. The lowest BCUT2D eigenvalue weighted by atomic mass is 10.3. The minimum Gasteiger partial charge on any atom is -0.368 e. The predicted octanol–water partition coefficient (Wildman–Crippen LogP) is 3.81. The monoisotopic (exact) mass is 385 g/mol. The molecule has 4 heteroatoms. The van der Waals surface area contributed by atoms with Crippen molar-refractivity contribution in [1.29, 1.82) is 0 Å². The van der Waals surface area contributed by atoms with Crippen LogP contribution in [-0.4, -0.2) is 16.6 Å². The zero-order chi connectivity index (χ0) is 19.3. The highest BCUT2D eigenvalue weighted by Crippen LogP contribution is 2.36. The molecule has 0 fully saturated rings. The van der Waals surface area contributed by atoms with E-state index in [0.717, 1.165) is 12.2 Å². The topological polar surface area (TPSA) is 21.1 Å². The van der Waals surface area contributed by atoms with Crippen LogP contribution in [0.2, 0.25) is 0 Å². The Hall–Kier alpha value is -2.90. The van der Waals surface area contributed by atoms with Gasteiger partial charge in [0.05, 0.1) is 18.6 Å². The lowest BCUT2D eigenvalue weighted by Gasteiger charge is -2.27. The molecule has 1 aromatic heterocycles. The summed E-state index contributed by atoms with van der Waals surface area (Å²) in [5, 5.41) is 4.10. The van der Waals surface area contributed by atoms with E-state index in [1.807, 2.05) is 17.9 Å². The van der Waals surface area contributed by atoms with Crippen LogP contribution in [0.15, 0.2) is 97.5 Å². The molecule has 0 unspecified atom stereocenters. The van der Waals surface area contributed by atoms with Gasteiger partial charge in [-0.05, 0) is 24.6 Å². The number of hydrogen-bond donors (Lipinski definition) is 0. The van der Waals surface area contributed by atoms with Gasteiger partial charge in [-0.25, -0.2) is 4.98 Å². The van der Waals surface area contributed by atoms with Crippen LogP contribution in [-0.2, 0) is 13.6 Å². The predicted molar refractivity (Wildman–Crippen MR) is 120 cm³/mol. The van der Waals surface area contributed by atoms with Crippen LogP contribution < -0.4 is 20.8 Å². The summed E-state index contributed by atoms with van der Waals surface area (Å²) in [7, 11) is 3.52. The van der Waals surface area contributed by atoms with Gasteiger partial charge in [-0.15, -0.1) is 0 Å². The van der Waals surface area contributed by atoms with E-state index in [9.17, 15) is 0 Å². The molecule has 3 nitrogen and oxygen atoms in total. The van der Waals surface area contributed by atoms with Gasteiger partial charge in [0.25, 0.3) is 0 Å². The number of benzene rings is 3. The van der Waals surface area contributed by atoms with Crippen molar-refractivity contribution in [2.45, 2.75) is 6.54 Å². The van der Waals surface area contributed by atoms with Crippen molar-refractivity contribution in [1.82, 2.24) is 9.55 Å². The van der Waals surface area contributed by atoms with E-state index < -0.39 is 7.92 Å². The summed E-state index contributed by atoms with van der Waals surface area (Å²) in [6.07, 6.45) is 3.94. The van der Waals surface area contributed by atoms with Crippen LogP contribution in [0.25, 0.3) is 0 Å². The molecule has 0 aliphatic heterocycles. The molecule has 3 aromatic carbocycles. The molecule has 28 heavy (non-hydrogen) atoms. The van der Waals surface area contributed by atoms with Crippen molar-refractivity contribution in [2.24, 2.45) is 7.05 Å². The first kappa shape index (κ1) is 18.5. The third-order valence-corrected chi connectivity index (χ3v) is 7.21. The Bertz CT molecular complexity index is 988. The molecule has 0 saturated heterocycles. The van der Waals surface area contributed by atoms with Crippen LogP contribution in [0.1, 0.15) is 5.69 Å². The number of rotatable bonds is 6. The fraction of sp³-hybridized carbons (Fsp3) is 0.125. The SMILES string of the molecule is CN(Cc1cn(C)cn1)c1ccccc1P(c1ccccc1)c1ccccc1. The zero-order valence-electron chi connectivity index (χ0n) is 16.2. The van der Waals surface area contributed by atoms with E-state index in [-0.39, 0.29) is 0 Å². The van der Waals surface area contributed by atoms with Crippen molar-refractivity contribution in [3.8, 4) is 0 Å². The lowest BCUT2D eigenvalue weighted by molar-refractivity contribution is 0.889. The summed E-state index contributed by atoms with van der Waals surface area (Å²) < 4.78 is 2.00. The number of anilines is 1. The molecule has 140 valence electrons. The van der Waals surface area contributed by atoms with Crippen LogP contribution in [0, 0.1) is 0 Å². The molecule has 0 atom stereocenters. The molecule has 1 heterocycles. The Morgan fingerprint density at radius 1 is 0.821 bits per heavy atom. The largest absolute Gasteiger partial charge is 0.368 e. The minimum absolute atomic E-state index is 0.636.